The molecule has 15 heavy (non-hydrogen) atoms. The number of nitrogens with two attached hydrogens (primary N) is 1. The molecule has 0 radical (unpaired) electrons. The highest BCUT2D eigenvalue weighted by atomic mass is 32.1. The second-order valence-corrected chi connectivity index (χ2v) is 3.91. The smallest absolute Gasteiger partial charge is 0.404 e. The van der Waals surface area contributed by atoms with E-state index in [0.29, 0.717) is 5.76 Å². The molecular weight excluding hydrogens is 216 g/mol. The van der Waals surface area contributed by atoms with E-state index in [1.807, 2.05) is 17.5 Å². The van der Waals surface area contributed by atoms with Crippen LogP contribution in [0.1, 0.15) is 16.7 Å². The molecule has 2 N–H and O–H groups in total. The maximum Gasteiger partial charge on any atom is 0.433 e. The summed E-state index contributed by atoms with van der Waals surface area (Å²) in [6.45, 7) is 0. The van der Waals surface area contributed by atoms with Gasteiger partial charge in [0.1, 0.15) is 10.7 Å². The summed E-state index contributed by atoms with van der Waals surface area (Å²) < 4.78 is 5.01. The fraction of sp³-hybridized carbons (Fsp3) is 0.111. The topological polar surface area (TPSA) is 82.3 Å². The minimum absolute atomic E-state index is 0.281. The van der Waals surface area contributed by atoms with Crippen LogP contribution >= 0.6 is 11.3 Å². The van der Waals surface area contributed by atoms with Crippen molar-refractivity contribution in [3.63, 3.8) is 0 Å². The second kappa shape index (κ2) is 3.84. The third kappa shape index (κ3) is 1.90. The maximum atomic E-state index is 10.4. The van der Waals surface area contributed by atoms with Crippen molar-refractivity contribution in [2.45, 2.75) is 6.04 Å². The molecule has 0 aliphatic rings. The van der Waals surface area contributed by atoms with Crippen molar-refractivity contribution in [1.29, 1.82) is 0 Å². The number of nitro groups is 1. The molecule has 2 heterocycles. The zero-order valence-corrected chi connectivity index (χ0v) is 8.44. The van der Waals surface area contributed by atoms with Gasteiger partial charge in [0.2, 0.25) is 0 Å². The van der Waals surface area contributed by atoms with Crippen molar-refractivity contribution in [1.82, 2.24) is 0 Å². The highest BCUT2D eigenvalue weighted by Gasteiger charge is 2.18. The standard InChI is InChI=1S/C9H8N2O3S/c10-9(7-2-1-5-15-7)6-3-4-8(14-6)11(12)13/h1-5,9H,10H2/t9-/m0/s1. The largest absolute Gasteiger partial charge is 0.433 e. The Morgan fingerprint density at radius 3 is 2.80 bits per heavy atom. The molecule has 0 unspecified atom stereocenters. The van der Waals surface area contributed by atoms with Crippen molar-refractivity contribution in [3.8, 4) is 0 Å². The molecular formula is C9H8N2O3S. The number of nitrogens with zero attached hydrogens (tertiary/aromatic N) is 1. The van der Waals surface area contributed by atoms with Crippen LogP contribution in [0.2, 0.25) is 0 Å². The van der Waals surface area contributed by atoms with Crippen LogP contribution in [-0.4, -0.2) is 4.92 Å². The van der Waals surface area contributed by atoms with Gasteiger partial charge < -0.3 is 10.2 Å². The third-order valence-corrected chi connectivity index (χ3v) is 2.90. The number of hydrogen-bond donors (Lipinski definition) is 1. The summed E-state index contributed by atoms with van der Waals surface area (Å²) in [5.74, 6) is 0.126. The van der Waals surface area contributed by atoms with Gasteiger partial charge in [0.15, 0.2) is 0 Å². The lowest BCUT2D eigenvalue weighted by atomic mass is 10.2. The molecule has 0 fully saturated rings. The van der Waals surface area contributed by atoms with Crippen LogP contribution in [0.3, 0.4) is 0 Å². The molecule has 0 saturated heterocycles. The molecule has 0 aliphatic heterocycles. The first-order chi connectivity index (χ1) is 7.18. The average Bonchev–Trinajstić information content (AvgIpc) is 2.88. The molecule has 2 aromatic rings. The van der Waals surface area contributed by atoms with Crippen molar-refractivity contribution in [2.24, 2.45) is 5.73 Å². The van der Waals surface area contributed by atoms with Crippen LogP contribution in [0.15, 0.2) is 34.1 Å². The van der Waals surface area contributed by atoms with E-state index in [9.17, 15) is 10.1 Å². The Morgan fingerprint density at radius 2 is 2.27 bits per heavy atom. The molecule has 78 valence electrons. The summed E-state index contributed by atoms with van der Waals surface area (Å²) in [5, 5.41) is 12.3. The molecule has 0 aromatic carbocycles. The van der Waals surface area contributed by atoms with Gasteiger partial charge >= 0.3 is 5.88 Å². The monoisotopic (exact) mass is 224 g/mol. The van der Waals surface area contributed by atoms with Crippen molar-refractivity contribution >= 4 is 17.2 Å². The van der Waals surface area contributed by atoms with Gasteiger partial charge in [0.25, 0.3) is 0 Å². The van der Waals surface area contributed by atoms with Crippen LogP contribution in [0.25, 0.3) is 0 Å². The molecule has 6 heteroatoms. The van der Waals surface area contributed by atoms with E-state index in [4.69, 9.17) is 10.2 Å². The molecule has 0 bridgehead atoms. The molecule has 2 rings (SSSR count). The fourth-order valence-corrected chi connectivity index (χ4v) is 1.95. The highest BCUT2D eigenvalue weighted by molar-refractivity contribution is 7.10. The first kappa shape index (κ1) is 9.88. The molecule has 1 atom stereocenters. The third-order valence-electron chi connectivity index (χ3n) is 1.95. The number of furan rings is 1. The van der Waals surface area contributed by atoms with E-state index in [1.54, 1.807) is 0 Å². The summed E-state index contributed by atoms with van der Waals surface area (Å²) in [7, 11) is 0. The normalized spacial score (nSPS) is 12.6. The first-order valence-electron chi connectivity index (χ1n) is 4.21. The molecule has 0 aliphatic carbocycles. The molecule has 2 aromatic heterocycles. The molecule has 0 spiro atoms. The predicted octanol–water partition coefficient (Wildman–Crippen LogP) is 2.30. The van der Waals surface area contributed by atoms with Gasteiger partial charge in [0, 0.05) is 4.88 Å². The van der Waals surface area contributed by atoms with Gasteiger partial charge in [-0.3, -0.25) is 10.1 Å². The van der Waals surface area contributed by atoms with Crippen LogP contribution < -0.4 is 5.73 Å². The number of rotatable bonds is 3. The van der Waals surface area contributed by atoms with Crippen molar-refractivity contribution < 1.29 is 9.34 Å². The Morgan fingerprint density at radius 1 is 1.47 bits per heavy atom. The predicted molar refractivity (Wildman–Crippen MR) is 55.7 cm³/mol. The van der Waals surface area contributed by atoms with Crippen LogP contribution in [-0.2, 0) is 0 Å². The Kier molecular flexibility index (Phi) is 2.53. The van der Waals surface area contributed by atoms with Crippen LogP contribution in [0.5, 0.6) is 0 Å². The number of hydrogen-bond acceptors (Lipinski definition) is 5. The quantitative estimate of drug-likeness (QED) is 0.640. The number of thiophene rings is 1. The minimum Gasteiger partial charge on any atom is -0.404 e. The maximum absolute atomic E-state index is 10.4. The lowest BCUT2D eigenvalue weighted by Crippen LogP contribution is -2.08. The van der Waals surface area contributed by atoms with E-state index in [1.165, 1.54) is 23.5 Å². The fourth-order valence-electron chi connectivity index (χ4n) is 1.22. The van der Waals surface area contributed by atoms with E-state index < -0.39 is 11.0 Å². The lowest BCUT2D eigenvalue weighted by Gasteiger charge is -2.03. The van der Waals surface area contributed by atoms with E-state index >= 15 is 0 Å². The minimum atomic E-state index is -0.579. The van der Waals surface area contributed by atoms with Gasteiger partial charge in [-0.25, -0.2) is 0 Å². The van der Waals surface area contributed by atoms with Crippen molar-refractivity contribution in [2.75, 3.05) is 0 Å². The van der Waals surface area contributed by atoms with Gasteiger partial charge in [-0.2, -0.15) is 0 Å². The Labute approximate surface area is 89.3 Å². The zero-order valence-electron chi connectivity index (χ0n) is 7.62. The van der Waals surface area contributed by atoms with Crippen LogP contribution in [0, 0.1) is 10.1 Å². The summed E-state index contributed by atoms with van der Waals surface area (Å²) >= 11 is 1.49. The van der Waals surface area contributed by atoms with Gasteiger partial charge in [-0.05, 0) is 17.5 Å². The summed E-state index contributed by atoms with van der Waals surface area (Å²) in [5.41, 5.74) is 5.87. The van der Waals surface area contributed by atoms with Crippen LogP contribution in [0.4, 0.5) is 5.88 Å². The highest BCUT2D eigenvalue weighted by Crippen LogP contribution is 2.27. The van der Waals surface area contributed by atoms with E-state index in [-0.39, 0.29) is 5.88 Å². The second-order valence-electron chi connectivity index (χ2n) is 2.93. The molecule has 0 amide bonds. The SMILES string of the molecule is N[C@@H](c1ccc([N+](=O)[O-])o1)c1cccs1. The zero-order chi connectivity index (χ0) is 10.8. The van der Waals surface area contributed by atoms with Gasteiger partial charge in [-0.15, -0.1) is 11.3 Å². The van der Waals surface area contributed by atoms with Gasteiger partial charge in [-0.1, -0.05) is 6.07 Å². The summed E-state index contributed by atoms with van der Waals surface area (Å²) in [6.07, 6.45) is 0. The molecule has 5 nitrogen and oxygen atoms in total. The summed E-state index contributed by atoms with van der Waals surface area (Å²) in [4.78, 5) is 10.7. The van der Waals surface area contributed by atoms with E-state index in [2.05, 4.69) is 0 Å². The average molecular weight is 224 g/mol. The Balaban J connectivity index is 2.26. The Bertz CT molecular complexity index is 463. The summed E-state index contributed by atoms with van der Waals surface area (Å²) in [6, 6.07) is 6.14. The molecule has 0 saturated carbocycles. The van der Waals surface area contributed by atoms with E-state index in [0.717, 1.165) is 4.88 Å². The van der Waals surface area contributed by atoms with Crippen molar-refractivity contribution in [3.05, 3.63) is 50.4 Å². The Hall–Kier alpha value is -1.66. The van der Waals surface area contributed by atoms with Gasteiger partial charge in [0.05, 0.1) is 12.1 Å². The first-order valence-corrected chi connectivity index (χ1v) is 5.09. The lowest BCUT2D eigenvalue weighted by molar-refractivity contribution is -0.402.